The van der Waals surface area contributed by atoms with E-state index >= 15 is 0 Å². The van der Waals surface area contributed by atoms with E-state index in [1.165, 1.54) is 5.56 Å². The fourth-order valence-corrected chi connectivity index (χ4v) is 2.60. The second-order valence-corrected chi connectivity index (χ2v) is 4.58. The highest BCUT2D eigenvalue weighted by atomic mass is 16.5. The van der Waals surface area contributed by atoms with Crippen LogP contribution < -0.4 is 0 Å². The van der Waals surface area contributed by atoms with E-state index in [2.05, 4.69) is 0 Å². The summed E-state index contributed by atoms with van der Waals surface area (Å²) >= 11 is 0. The Bertz CT molecular complexity index is 502. The number of carbonyl (C=O) groups is 1. The van der Waals surface area contributed by atoms with Crippen molar-refractivity contribution < 1.29 is 14.6 Å². The predicted octanol–water partition coefficient (Wildman–Crippen LogP) is 1.91. The number of aliphatic hydroxyl groups excluding tert-OH is 1. The fraction of sp³-hybridized carbons (Fsp3) is 0.357. The first-order chi connectivity index (χ1) is 8.25. The smallest absolute Gasteiger partial charge is 0.334 e. The van der Waals surface area contributed by atoms with Crippen molar-refractivity contribution >= 4 is 5.97 Å². The maximum atomic E-state index is 11.5. The molecular weight excluding hydrogens is 216 g/mol. The van der Waals surface area contributed by atoms with Crippen LogP contribution in [0.1, 0.15) is 30.1 Å². The van der Waals surface area contributed by atoms with Crippen LogP contribution >= 0.6 is 0 Å². The number of aliphatic hydroxyl groups is 1. The maximum Gasteiger partial charge on any atom is 0.334 e. The molecule has 0 radical (unpaired) electrons. The van der Waals surface area contributed by atoms with Crippen LogP contribution in [0.15, 0.2) is 35.4 Å². The van der Waals surface area contributed by atoms with Gasteiger partial charge in [-0.1, -0.05) is 24.3 Å². The molecule has 0 aromatic heterocycles. The molecule has 0 spiro atoms. The molecule has 0 saturated heterocycles. The minimum Gasteiger partial charge on any atom is -0.458 e. The summed E-state index contributed by atoms with van der Waals surface area (Å²) in [6.07, 6.45) is 1.50. The molecule has 0 bridgehead atoms. The highest BCUT2D eigenvalue weighted by Crippen LogP contribution is 2.33. The fourth-order valence-electron chi connectivity index (χ4n) is 2.60. The van der Waals surface area contributed by atoms with E-state index in [-0.39, 0.29) is 5.97 Å². The quantitative estimate of drug-likeness (QED) is 0.692. The number of esters is 1. The van der Waals surface area contributed by atoms with E-state index in [1.54, 1.807) is 0 Å². The number of cyclic esters (lactones) is 1. The Kier molecular flexibility index (Phi) is 2.48. The Hall–Kier alpha value is -1.61. The van der Waals surface area contributed by atoms with E-state index < -0.39 is 6.10 Å². The molecule has 3 heteroatoms. The summed E-state index contributed by atoms with van der Waals surface area (Å²) < 4.78 is 5.03. The molecule has 1 N–H and O–H groups in total. The Labute approximate surface area is 99.7 Å². The molecule has 1 aromatic carbocycles. The molecule has 88 valence electrons. The lowest BCUT2D eigenvalue weighted by atomic mass is 9.88. The summed E-state index contributed by atoms with van der Waals surface area (Å²) in [5.41, 5.74) is 3.86. The van der Waals surface area contributed by atoms with E-state index in [0.29, 0.717) is 18.6 Å². The van der Waals surface area contributed by atoms with Gasteiger partial charge in [0.2, 0.25) is 0 Å². The van der Waals surface area contributed by atoms with E-state index in [9.17, 15) is 9.90 Å². The third-order valence-corrected chi connectivity index (χ3v) is 3.56. The standard InChI is InChI=1S/C14H14O3/c15-13-7-12-10(8-17-14(12)16)6-5-9-3-1-2-4-11(9)13/h1-4,13,15H,5-8H2/t13-/m0/s1. The number of rotatable bonds is 0. The number of hydrogen-bond donors (Lipinski definition) is 1. The lowest BCUT2D eigenvalue weighted by molar-refractivity contribution is -0.136. The van der Waals surface area contributed by atoms with Crippen molar-refractivity contribution in [3.8, 4) is 0 Å². The highest BCUT2D eigenvalue weighted by molar-refractivity contribution is 5.91. The monoisotopic (exact) mass is 230 g/mol. The van der Waals surface area contributed by atoms with Crippen molar-refractivity contribution in [1.29, 1.82) is 0 Å². The summed E-state index contributed by atoms with van der Waals surface area (Å²) in [5.74, 6) is -0.251. The number of aryl methyl sites for hydroxylation is 1. The average Bonchev–Trinajstić information content (AvgIpc) is 2.66. The van der Waals surface area contributed by atoms with Crippen molar-refractivity contribution in [3.63, 3.8) is 0 Å². The van der Waals surface area contributed by atoms with Gasteiger partial charge in [-0.2, -0.15) is 0 Å². The molecule has 1 atom stereocenters. The minimum atomic E-state index is -0.595. The van der Waals surface area contributed by atoms with Crippen LogP contribution in [-0.2, 0) is 16.0 Å². The van der Waals surface area contributed by atoms with Crippen molar-refractivity contribution in [1.82, 2.24) is 0 Å². The zero-order valence-corrected chi connectivity index (χ0v) is 9.48. The second kappa shape index (κ2) is 4.00. The van der Waals surface area contributed by atoms with Crippen LogP contribution in [0.25, 0.3) is 0 Å². The van der Waals surface area contributed by atoms with Crippen LogP contribution in [0.3, 0.4) is 0 Å². The van der Waals surface area contributed by atoms with Crippen molar-refractivity contribution in [2.45, 2.75) is 25.4 Å². The van der Waals surface area contributed by atoms with Crippen LogP contribution in [0.4, 0.5) is 0 Å². The van der Waals surface area contributed by atoms with Gasteiger partial charge >= 0.3 is 5.97 Å². The lowest BCUT2D eigenvalue weighted by Gasteiger charge is -2.18. The first kappa shape index (κ1) is 10.5. The van der Waals surface area contributed by atoms with Gasteiger partial charge in [-0.05, 0) is 29.5 Å². The summed E-state index contributed by atoms with van der Waals surface area (Å²) in [6, 6.07) is 7.89. The van der Waals surface area contributed by atoms with Gasteiger partial charge in [-0.15, -0.1) is 0 Å². The summed E-state index contributed by atoms with van der Waals surface area (Å²) in [7, 11) is 0. The van der Waals surface area contributed by atoms with Gasteiger partial charge in [-0.25, -0.2) is 4.79 Å². The van der Waals surface area contributed by atoms with Gasteiger partial charge in [0.25, 0.3) is 0 Å². The van der Waals surface area contributed by atoms with Crippen LogP contribution in [0.5, 0.6) is 0 Å². The molecule has 0 unspecified atom stereocenters. The largest absolute Gasteiger partial charge is 0.458 e. The summed E-state index contributed by atoms with van der Waals surface area (Å²) in [5, 5.41) is 10.2. The zero-order valence-electron chi connectivity index (χ0n) is 9.48. The molecule has 0 saturated carbocycles. The summed E-state index contributed by atoms with van der Waals surface area (Å²) in [6.45, 7) is 0.406. The molecule has 3 nitrogen and oxygen atoms in total. The van der Waals surface area contributed by atoms with Gasteiger partial charge in [-0.3, -0.25) is 0 Å². The molecule has 2 aliphatic rings. The lowest BCUT2D eigenvalue weighted by Crippen LogP contribution is -2.10. The Balaban J connectivity index is 2.00. The number of hydrogen-bond acceptors (Lipinski definition) is 3. The SMILES string of the molecule is O=C1OCC2=C1C[C@H](O)c1ccccc1CC2. The van der Waals surface area contributed by atoms with E-state index in [0.717, 1.165) is 24.0 Å². The second-order valence-electron chi connectivity index (χ2n) is 4.58. The molecular formula is C14H14O3. The molecule has 0 fully saturated rings. The minimum absolute atomic E-state index is 0.251. The third-order valence-electron chi connectivity index (χ3n) is 3.56. The maximum absolute atomic E-state index is 11.5. The first-order valence-electron chi connectivity index (χ1n) is 5.89. The molecule has 1 aliphatic carbocycles. The molecule has 3 rings (SSSR count). The average molecular weight is 230 g/mol. The highest BCUT2D eigenvalue weighted by Gasteiger charge is 2.29. The van der Waals surface area contributed by atoms with Gasteiger partial charge in [0, 0.05) is 12.0 Å². The van der Waals surface area contributed by atoms with Gasteiger partial charge in [0.1, 0.15) is 6.61 Å². The molecule has 1 aliphatic heterocycles. The summed E-state index contributed by atoms with van der Waals surface area (Å²) in [4.78, 5) is 11.5. The number of ether oxygens (including phenoxy) is 1. The zero-order chi connectivity index (χ0) is 11.8. The van der Waals surface area contributed by atoms with Crippen molar-refractivity contribution in [3.05, 3.63) is 46.5 Å². The van der Waals surface area contributed by atoms with Gasteiger partial charge in [0.05, 0.1) is 6.10 Å². The Morgan fingerprint density at radius 2 is 2.06 bits per heavy atom. The van der Waals surface area contributed by atoms with Crippen LogP contribution in [0.2, 0.25) is 0 Å². The van der Waals surface area contributed by atoms with Crippen molar-refractivity contribution in [2.24, 2.45) is 0 Å². The van der Waals surface area contributed by atoms with Crippen LogP contribution in [-0.4, -0.2) is 17.7 Å². The first-order valence-corrected chi connectivity index (χ1v) is 5.89. The number of carbonyl (C=O) groups excluding carboxylic acids is 1. The topological polar surface area (TPSA) is 46.5 Å². The van der Waals surface area contributed by atoms with Crippen molar-refractivity contribution in [2.75, 3.05) is 6.61 Å². The Morgan fingerprint density at radius 3 is 2.94 bits per heavy atom. The number of fused-ring (bicyclic) bond motifs is 1. The third kappa shape index (κ3) is 1.76. The molecule has 1 aromatic rings. The van der Waals surface area contributed by atoms with E-state index in [4.69, 9.17) is 4.74 Å². The number of benzene rings is 1. The normalized spacial score (nSPS) is 23.6. The molecule has 17 heavy (non-hydrogen) atoms. The van der Waals surface area contributed by atoms with E-state index in [1.807, 2.05) is 24.3 Å². The molecule has 0 amide bonds. The van der Waals surface area contributed by atoms with Gasteiger partial charge in [0.15, 0.2) is 0 Å². The predicted molar refractivity (Wildman–Crippen MR) is 62.3 cm³/mol. The van der Waals surface area contributed by atoms with Gasteiger partial charge < -0.3 is 9.84 Å². The molecule has 1 heterocycles. The Morgan fingerprint density at radius 1 is 1.24 bits per heavy atom. The van der Waals surface area contributed by atoms with Crippen LogP contribution in [0, 0.1) is 0 Å².